The highest BCUT2D eigenvalue weighted by molar-refractivity contribution is 5.28. The molecular weight excluding hydrogens is 177 g/mol. The molecule has 1 nitrogen and oxygen atoms in total. The second kappa shape index (κ2) is 3.70. The molecule has 0 aliphatic carbocycles. The first-order valence-corrected chi connectivity index (χ1v) is 5.18. The van der Waals surface area contributed by atoms with Crippen molar-refractivity contribution >= 4 is 0 Å². The summed E-state index contributed by atoms with van der Waals surface area (Å²) in [5, 5.41) is 3.35. The Hall–Kier alpha value is -0.890. The van der Waals surface area contributed by atoms with E-state index in [4.69, 9.17) is 0 Å². The largest absolute Gasteiger partial charge is 0.310 e. The molecule has 1 fully saturated rings. The molecule has 0 radical (unpaired) electrons. The van der Waals surface area contributed by atoms with E-state index in [0.29, 0.717) is 5.92 Å². The Kier molecular flexibility index (Phi) is 2.55. The van der Waals surface area contributed by atoms with Crippen LogP contribution in [-0.4, -0.2) is 6.54 Å². The van der Waals surface area contributed by atoms with Gasteiger partial charge >= 0.3 is 0 Å². The van der Waals surface area contributed by atoms with E-state index in [1.165, 1.54) is 0 Å². The number of hydrogen-bond acceptors (Lipinski definition) is 1. The summed E-state index contributed by atoms with van der Waals surface area (Å²) in [5.74, 6) is 0.491. The van der Waals surface area contributed by atoms with Gasteiger partial charge in [0.2, 0.25) is 0 Å². The van der Waals surface area contributed by atoms with Crippen LogP contribution in [0.5, 0.6) is 0 Å². The molecule has 0 bridgehead atoms. The average molecular weight is 193 g/mol. The van der Waals surface area contributed by atoms with Gasteiger partial charge in [-0.3, -0.25) is 0 Å². The third-order valence-electron chi connectivity index (χ3n) is 3.09. The molecule has 1 saturated heterocycles. The Morgan fingerprint density at radius 3 is 2.86 bits per heavy atom. The van der Waals surface area contributed by atoms with Crippen LogP contribution in [0, 0.1) is 18.7 Å². The van der Waals surface area contributed by atoms with Gasteiger partial charge in [0, 0.05) is 11.6 Å². The molecule has 1 heterocycles. The molecular formula is C12H16FN. The summed E-state index contributed by atoms with van der Waals surface area (Å²) in [6.07, 6.45) is 1.14. The third-order valence-corrected chi connectivity index (χ3v) is 3.09. The van der Waals surface area contributed by atoms with Crippen LogP contribution in [-0.2, 0) is 0 Å². The second-order valence-corrected chi connectivity index (χ2v) is 4.18. The van der Waals surface area contributed by atoms with Gasteiger partial charge in [0.25, 0.3) is 0 Å². The number of benzene rings is 1. The van der Waals surface area contributed by atoms with Crippen molar-refractivity contribution < 1.29 is 4.39 Å². The minimum atomic E-state index is -0.0428. The topological polar surface area (TPSA) is 12.0 Å². The summed E-state index contributed by atoms with van der Waals surface area (Å²) in [7, 11) is 0. The highest BCUT2D eigenvalue weighted by atomic mass is 19.1. The van der Waals surface area contributed by atoms with E-state index in [2.05, 4.69) is 12.2 Å². The molecule has 1 N–H and O–H groups in total. The van der Waals surface area contributed by atoms with Crippen molar-refractivity contribution in [3.63, 3.8) is 0 Å². The van der Waals surface area contributed by atoms with E-state index in [0.717, 1.165) is 24.1 Å². The molecule has 1 aromatic carbocycles. The summed E-state index contributed by atoms with van der Waals surface area (Å²) in [4.78, 5) is 0. The molecule has 0 aromatic heterocycles. The molecule has 0 spiro atoms. The van der Waals surface area contributed by atoms with E-state index in [-0.39, 0.29) is 11.9 Å². The Bertz CT molecular complexity index is 335. The van der Waals surface area contributed by atoms with Crippen molar-refractivity contribution in [2.75, 3.05) is 6.54 Å². The predicted molar refractivity (Wildman–Crippen MR) is 55.7 cm³/mol. The predicted octanol–water partition coefficient (Wildman–Crippen LogP) is 2.80. The maximum atomic E-state index is 13.8. The lowest BCUT2D eigenvalue weighted by atomic mass is 9.94. The van der Waals surface area contributed by atoms with Crippen LogP contribution in [0.1, 0.15) is 30.5 Å². The molecule has 1 aliphatic rings. The normalized spacial score (nSPS) is 26.8. The molecule has 2 atom stereocenters. The van der Waals surface area contributed by atoms with Gasteiger partial charge in [-0.15, -0.1) is 0 Å². The SMILES string of the molecule is Cc1cccc(C2NCCC2C)c1F. The van der Waals surface area contributed by atoms with Crippen LogP contribution in [0.15, 0.2) is 18.2 Å². The average Bonchev–Trinajstić information content (AvgIpc) is 2.57. The van der Waals surface area contributed by atoms with Crippen LogP contribution in [0.3, 0.4) is 0 Å². The molecule has 1 aliphatic heterocycles. The summed E-state index contributed by atoms with van der Waals surface area (Å²) >= 11 is 0. The highest BCUT2D eigenvalue weighted by Gasteiger charge is 2.26. The monoisotopic (exact) mass is 193 g/mol. The van der Waals surface area contributed by atoms with Gasteiger partial charge in [-0.2, -0.15) is 0 Å². The summed E-state index contributed by atoms with van der Waals surface area (Å²) in [6.45, 7) is 4.99. The van der Waals surface area contributed by atoms with Crippen LogP contribution < -0.4 is 5.32 Å². The van der Waals surface area contributed by atoms with Gasteiger partial charge in [-0.05, 0) is 31.4 Å². The molecule has 76 valence electrons. The minimum Gasteiger partial charge on any atom is -0.310 e. The summed E-state index contributed by atoms with van der Waals surface area (Å²) < 4.78 is 13.8. The van der Waals surface area contributed by atoms with Crippen molar-refractivity contribution in [2.24, 2.45) is 5.92 Å². The lowest BCUT2D eigenvalue weighted by molar-refractivity contribution is 0.473. The van der Waals surface area contributed by atoms with Crippen LogP contribution >= 0.6 is 0 Å². The molecule has 14 heavy (non-hydrogen) atoms. The molecule has 1 aromatic rings. The number of halogens is 1. The van der Waals surface area contributed by atoms with Crippen molar-refractivity contribution in [1.82, 2.24) is 5.32 Å². The lowest BCUT2D eigenvalue weighted by Crippen LogP contribution is -2.18. The standard InChI is InChI=1S/C12H16FN/c1-8-4-3-5-10(11(8)13)12-9(2)6-7-14-12/h3-5,9,12,14H,6-7H2,1-2H3. The van der Waals surface area contributed by atoms with E-state index in [1.54, 1.807) is 0 Å². The number of aryl methyl sites for hydroxylation is 1. The van der Waals surface area contributed by atoms with E-state index >= 15 is 0 Å². The van der Waals surface area contributed by atoms with Crippen molar-refractivity contribution in [1.29, 1.82) is 0 Å². The zero-order valence-corrected chi connectivity index (χ0v) is 8.68. The van der Waals surface area contributed by atoms with Crippen molar-refractivity contribution in [3.8, 4) is 0 Å². The summed E-state index contributed by atoms with van der Waals surface area (Å²) in [6, 6.07) is 5.84. The van der Waals surface area contributed by atoms with E-state index in [9.17, 15) is 4.39 Å². The summed E-state index contributed by atoms with van der Waals surface area (Å²) in [5.41, 5.74) is 1.57. The van der Waals surface area contributed by atoms with Gasteiger partial charge in [0.15, 0.2) is 0 Å². The number of hydrogen-bond donors (Lipinski definition) is 1. The fourth-order valence-corrected chi connectivity index (χ4v) is 2.16. The third kappa shape index (κ3) is 1.55. The molecule has 2 rings (SSSR count). The van der Waals surface area contributed by atoms with Crippen LogP contribution in [0.4, 0.5) is 4.39 Å². The number of nitrogens with one attached hydrogen (secondary N) is 1. The van der Waals surface area contributed by atoms with E-state index < -0.39 is 0 Å². The molecule has 0 saturated carbocycles. The highest BCUT2D eigenvalue weighted by Crippen LogP contribution is 2.31. The van der Waals surface area contributed by atoms with Gasteiger partial charge in [0.05, 0.1) is 0 Å². The Labute approximate surface area is 84.3 Å². The fraction of sp³-hybridized carbons (Fsp3) is 0.500. The smallest absolute Gasteiger partial charge is 0.130 e. The Morgan fingerprint density at radius 1 is 1.43 bits per heavy atom. The minimum absolute atomic E-state index is 0.0428. The molecule has 0 amide bonds. The zero-order chi connectivity index (χ0) is 10.1. The lowest BCUT2D eigenvalue weighted by Gasteiger charge is -2.17. The Morgan fingerprint density at radius 2 is 2.21 bits per heavy atom. The van der Waals surface area contributed by atoms with Crippen LogP contribution in [0.25, 0.3) is 0 Å². The zero-order valence-electron chi connectivity index (χ0n) is 8.68. The van der Waals surface area contributed by atoms with Gasteiger partial charge in [0.1, 0.15) is 5.82 Å². The number of rotatable bonds is 1. The van der Waals surface area contributed by atoms with Crippen molar-refractivity contribution in [3.05, 3.63) is 35.1 Å². The van der Waals surface area contributed by atoms with Gasteiger partial charge in [-0.25, -0.2) is 4.39 Å². The first-order valence-electron chi connectivity index (χ1n) is 5.18. The quantitative estimate of drug-likeness (QED) is 0.723. The van der Waals surface area contributed by atoms with Gasteiger partial charge < -0.3 is 5.32 Å². The maximum Gasteiger partial charge on any atom is 0.130 e. The Balaban J connectivity index is 2.36. The van der Waals surface area contributed by atoms with Crippen molar-refractivity contribution in [2.45, 2.75) is 26.3 Å². The molecule has 2 unspecified atom stereocenters. The first kappa shape index (κ1) is 9.66. The molecule has 2 heteroatoms. The van der Waals surface area contributed by atoms with E-state index in [1.807, 2.05) is 25.1 Å². The van der Waals surface area contributed by atoms with Crippen LogP contribution in [0.2, 0.25) is 0 Å². The fourth-order valence-electron chi connectivity index (χ4n) is 2.16. The second-order valence-electron chi connectivity index (χ2n) is 4.18. The van der Waals surface area contributed by atoms with Gasteiger partial charge in [-0.1, -0.05) is 25.1 Å². The first-order chi connectivity index (χ1) is 6.70. The maximum absolute atomic E-state index is 13.8.